The first-order valence-corrected chi connectivity index (χ1v) is 11.7. The first-order valence-electron chi connectivity index (χ1n) is 11.7. The van der Waals surface area contributed by atoms with E-state index < -0.39 is 0 Å². The van der Waals surface area contributed by atoms with Gasteiger partial charge >= 0.3 is 0 Å². The van der Waals surface area contributed by atoms with Gasteiger partial charge in [-0.15, -0.1) is 0 Å². The molecular formula is C24H39N3O4. The highest BCUT2D eigenvalue weighted by Gasteiger charge is 2.24. The Labute approximate surface area is 187 Å². The maximum absolute atomic E-state index is 12.9. The van der Waals surface area contributed by atoms with E-state index in [4.69, 9.17) is 14.3 Å². The fourth-order valence-corrected chi connectivity index (χ4v) is 4.44. The summed E-state index contributed by atoms with van der Waals surface area (Å²) < 4.78 is 10.8. The molecule has 0 aliphatic carbocycles. The van der Waals surface area contributed by atoms with Gasteiger partial charge in [0.2, 0.25) is 5.91 Å². The number of rotatable bonds is 11. The second-order valence-electron chi connectivity index (χ2n) is 8.58. The summed E-state index contributed by atoms with van der Waals surface area (Å²) in [6.45, 7) is 7.47. The molecule has 1 aromatic rings. The number of hydrogen-bond acceptors (Lipinski definition) is 6. The second-order valence-corrected chi connectivity index (χ2v) is 8.58. The van der Waals surface area contributed by atoms with Crippen LogP contribution in [0.4, 0.5) is 0 Å². The average molecular weight is 434 g/mol. The van der Waals surface area contributed by atoms with Crippen LogP contribution in [0.5, 0.6) is 5.75 Å². The van der Waals surface area contributed by atoms with Gasteiger partial charge in [0.15, 0.2) is 0 Å². The van der Waals surface area contributed by atoms with Gasteiger partial charge in [0.05, 0.1) is 20.3 Å². The maximum Gasteiger partial charge on any atom is 0.224 e. The molecule has 0 unspecified atom stereocenters. The maximum atomic E-state index is 12.9. The molecule has 0 spiro atoms. The Bertz CT molecular complexity index is 658. The van der Waals surface area contributed by atoms with Crippen LogP contribution >= 0.6 is 0 Å². The van der Waals surface area contributed by atoms with Gasteiger partial charge in [0.25, 0.3) is 0 Å². The SMILES string of the molecule is COCCN(CC1CCN(Cc2ccccc2OC)CC1)C(=O)CCN1CCCCO1. The minimum Gasteiger partial charge on any atom is -0.496 e. The predicted molar refractivity (Wildman–Crippen MR) is 121 cm³/mol. The summed E-state index contributed by atoms with van der Waals surface area (Å²) in [7, 11) is 3.43. The molecule has 0 aromatic heterocycles. The standard InChI is InChI=1S/C24H39N3O4/c1-29-18-16-26(24(28)11-15-27-12-5-6-17-31-27)19-21-9-13-25(14-10-21)20-22-7-3-4-8-23(22)30-2/h3-4,7-8,21H,5-6,9-20H2,1-2H3. The van der Waals surface area contributed by atoms with E-state index in [1.807, 2.05) is 22.1 Å². The first-order chi connectivity index (χ1) is 15.2. The number of carbonyl (C=O) groups is 1. The summed E-state index contributed by atoms with van der Waals surface area (Å²) in [6, 6.07) is 8.24. The van der Waals surface area contributed by atoms with Crippen molar-refractivity contribution in [2.24, 2.45) is 5.92 Å². The van der Waals surface area contributed by atoms with Crippen molar-refractivity contribution >= 4 is 5.91 Å². The molecule has 0 radical (unpaired) electrons. The molecule has 1 amide bonds. The molecule has 2 heterocycles. The van der Waals surface area contributed by atoms with E-state index in [2.05, 4.69) is 17.0 Å². The lowest BCUT2D eigenvalue weighted by Gasteiger charge is -2.35. The third kappa shape index (κ3) is 7.75. The number of likely N-dealkylation sites (tertiary alicyclic amines) is 1. The Kier molecular flexibility index (Phi) is 10.1. The lowest BCUT2D eigenvalue weighted by Crippen LogP contribution is -2.43. The fraction of sp³-hybridized carbons (Fsp3) is 0.708. The summed E-state index contributed by atoms with van der Waals surface area (Å²) in [6.07, 6.45) is 4.99. The quantitative estimate of drug-likeness (QED) is 0.535. The molecule has 2 saturated heterocycles. The Hall–Kier alpha value is -1.67. The lowest BCUT2D eigenvalue weighted by atomic mass is 9.95. The second kappa shape index (κ2) is 13.0. The zero-order chi connectivity index (χ0) is 21.9. The van der Waals surface area contributed by atoms with E-state index in [1.54, 1.807) is 14.2 Å². The smallest absolute Gasteiger partial charge is 0.224 e. The molecule has 7 nitrogen and oxygen atoms in total. The van der Waals surface area contributed by atoms with Crippen molar-refractivity contribution in [3.63, 3.8) is 0 Å². The highest BCUT2D eigenvalue weighted by Crippen LogP contribution is 2.24. The third-order valence-corrected chi connectivity index (χ3v) is 6.34. The van der Waals surface area contributed by atoms with Crippen LogP contribution in [0, 0.1) is 5.92 Å². The van der Waals surface area contributed by atoms with Crippen LogP contribution in [-0.4, -0.2) is 87.5 Å². The van der Waals surface area contributed by atoms with Crippen molar-refractivity contribution in [2.45, 2.75) is 38.6 Å². The Balaban J connectivity index is 1.45. The minimum absolute atomic E-state index is 0.211. The molecule has 2 aliphatic rings. The average Bonchev–Trinajstić information content (AvgIpc) is 2.82. The number of hydrogen-bond donors (Lipinski definition) is 0. The van der Waals surface area contributed by atoms with Crippen molar-refractivity contribution in [3.05, 3.63) is 29.8 Å². The van der Waals surface area contributed by atoms with Crippen LogP contribution in [0.1, 0.15) is 37.7 Å². The van der Waals surface area contributed by atoms with Crippen molar-refractivity contribution < 1.29 is 19.1 Å². The van der Waals surface area contributed by atoms with Gasteiger partial charge in [-0.2, -0.15) is 5.06 Å². The fourth-order valence-electron chi connectivity index (χ4n) is 4.44. The molecule has 7 heteroatoms. The number of benzene rings is 1. The molecule has 1 aromatic carbocycles. The van der Waals surface area contributed by atoms with Crippen LogP contribution in [0.15, 0.2) is 24.3 Å². The van der Waals surface area contributed by atoms with Gasteiger partial charge in [-0.05, 0) is 50.8 Å². The Morgan fingerprint density at radius 3 is 2.68 bits per heavy atom. The van der Waals surface area contributed by atoms with Crippen LogP contribution in [0.3, 0.4) is 0 Å². The first kappa shape index (κ1) is 24.0. The number of ether oxygens (including phenoxy) is 2. The molecule has 0 atom stereocenters. The Morgan fingerprint density at radius 1 is 1.16 bits per heavy atom. The van der Waals surface area contributed by atoms with E-state index >= 15 is 0 Å². The molecule has 2 aliphatic heterocycles. The van der Waals surface area contributed by atoms with E-state index in [0.717, 1.165) is 70.8 Å². The topological polar surface area (TPSA) is 54.5 Å². The molecule has 2 fully saturated rings. The van der Waals surface area contributed by atoms with Crippen molar-refractivity contribution in [2.75, 3.05) is 66.7 Å². The van der Waals surface area contributed by atoms with E-state index in [1.165, 1.54) is 5.56 Å². The van der Waals surface area contributed by atoms with Gasteiger partial charge in [-0.3, -0.25) is 14.5 Å². The van der Waals surface area contributed by atoms with Crippen LogP contribution < -0.4 is 4.74 Å². The zero-order valence-electron chi connectivity index (χ0n) is 19.3. The summed E-state index contributed by atoms with van der Waals surface area (Å²) in [4.78, 5) is 23.0. The summed E-state index contributed by atoms with van der Waals surface area (Å²) in [5.41, 5.74) is 1.24. The van der Waals surface area contributed by atoms with Gasteiger partial charge < -0.3 is 14.4 Å². The van der Waals surface area contributed by atoms with Crippen molar-refractivity contribution in [1.82, 2.24) is 14.9 Å². The third-order valence-electron chi connectivity index (χ3n) is 6.34. The van der Waals surface area contributed by atoms with Gasteiger partial charge in [0.1, 0.15) is 5.75 Å². The van der Waals surface area contributed by atoms with Crippen LogP contribution in [-0.2, 0) is 20.9 Å². The summed E-state index contributed by atoms with van der Waals surface area (Å²) in [5.74, 6) is 1.71. The molecule has 3 rings (SSSR count). The summed E-state index contributed by atoms with van der Waals surface area (Å²) >= 11 is 0. The van der Waals surface area contributed by atoms with E-state index in [0.29, 0.717) is 32.0 Å². The number of para-hydroxylation sites is 1. The molecule has 31 heavy (non-hydrogen) atoms. The minimum atomic E-state index is 0.211. The number of carbonyl (C=O) groups excluding carboxylic acids is 1. The number of amides is 1. The molecule has 0 bridgehead atoms. The highest BCUT2D eigenvalue weighted by molar-refractivity contribution is 5.76. The lowest BCUT2D eigenvalue weighted by molar-refractivity contribution is -0.182. The molecular weight excluding hydrogens is 394 g/mol. The Morgan fingerprint density at radius 2 is 1.97 bits per heavy atom. The van der Waals surface area contributed by atoms with E-state index in [-0.39, 0.29) is 5.91 Å². The number of nitrogens with zero attached hydrogens (tertiary/aromatic N) is 3. The number of hydroxylamine groups is 2. The molecule has 174 valence electrons. The molecule has 0 N–H and O–H groups in total. The number of methoxy groups -OCH3 is 2. The van der Waals surface area contributed by atoms with Crippen LogP contribution in [0.25, 0.3) is 0 Å². The summed E-state index contributed by atoms with van der Waals surface area (Å²) in [5, 5.41) is 1.95. The normalized spacial score (nSPS) is 18.8. The largest absolute Gasteiger partial charge is 0.496 e. The van der Waals surface area contributed by atoms with E-state index in [9.17, 15) is 4.79 Å². The van der Waals surface area contributed by atoms with Crippen molar-refractivity contribution in [1.29, 1.82) is 0 Å². The number of piperidine rings is 1. The van der Waals surface area contributed by atoms with Crippen LogP contribution in [0.2, 0.25) is 0 Å². The molecule has 0 saturated carbocycles. The van der Waals surface area contributed by atoms with Gasteiger partial charge in [-0.1, -0.05) is 18.2 Å². The monoisotopic (exact) mass is 433 g/mol. The van der Waals surface area contributed by atoms with Gasteiger partial charge in [-0.25, -0.2) is 0 Å². The predicted octanol–water partition coefficient (Wildman–Crippen LogP) is 2.80. The highest BCUT2D eigenvalue weighted by atomic mass is 16.7. The van der Waals surface area contributed by atoms with Gasteiger partial charge in [0, 0.05) is 51.8 Å². The zero-order valence-corrected chi connectivity index (χ0v) is 19.3. The van der Waals surface area contributed by atoms with Crippen molar-refractivity contribution in [3.8, 4) is 5.75 Å².